The highest BCUT2D eigenvalue weighted by atomic mass is 16.2. The smallest absolute Gasteiger partial charge is 0.233 e. The number of carbonyl (C=O) groups excluding carboxylic acids is 1. The van der Waals surface area contributed by atoms with Gasteiger partial charge in [0.1, 0.15) is 0 Å². The number of unbranched alkanes of at least 4 members (excludes halogenated alkanes) is 2. The van der Waals surface area contributed by atoms with E-state index in [9.17, 15) is 4.79 Å². The Bertz CT molecular complexity index is 267. The molecule has 0 spiro atoms. The number of nitrogens with two attached hydrogens (primary N) is 1. The summed E-state index contributed by atoms with van der Waals surface area (Å²) in [5, 5.41) is 0. The molecule has 1 aliphatic heterocycles. The van der Waals surface area contributed by atoms with Crippen molar-refractivity contribution in [3.8, 4) is 0 Å². The average molecular weight is 270 g/mol. The highest BCUT2D eigenvalue weighted by molar-refractivity contribution is 5.74. The fraction of sp³-hybridized carbons (Fsp3) is 0.929. The fourth-order valence-corrected chi connectivity index (χ4v) is 2.51. The van der Waals surface area contributed by atoms with Crippen molar-refractivity contribution in [3.05, 3.63) is 0 Å². The minimum atomic E-state index is -0.0567. The van der Waals surface area contributed by atoms with Crippen molar-refractivity contribution in [2.24, 2.45) is 5.84 Å². The van der Waals surface area contributed by atoms with Crippen molar-refractivity contribution in [1.82, 2.24) is 15.2 Å². The standard InChI is InChI=1S/C14H30N4O/c1-14(2,3)18-11-9-17(10-12-18)8-6-4-5-7-13(19)16-15/h4-12,15H2,1-3H3,(H,16,19). The molecule has 0 radical (unpaired) electrons. The molecule has 0 aromatic rings. The molecule has 1 fully saturated rings. The van der Waals surface area contributed by atoms with Gasteiger partial charge >= 0.3 is 0 Å². The number of nitrogens with zero attached hydrogens (tertiary/aromatic N) is 2. The number of hydrazine groups is 1. The molecule has 0 aromatic carbocycles. The maximum atomic E-state index is 11.0. The van der Waals surface area contributed by atoms with Crippen molar-refractivity contribution >= 4 is 5.91 Å². The Hall–Kier alpha value is -0.650. The molecule has 112 valence electrons. The van der Waals surface area contributed by atoms with Gasteiger partial charge in [0.2, 0.25) is 5.91 Å². The monoisotopic (exact) mass is 270 g/mol. The highest BCUT2D eigenvalue weighted by Gasteiger charge is 2.25. The molecule has 1 rings (SSSR count). The summed E-state index contributed by atoms with van der Waals surface area (Å²) in [5.41, 5.74) is 2.46. The van der Waals surface area contributed by atoms with E-state index < -0.39 is 0 Å². The summed E-state index contributed by atoms with van der Waals surface area (Å²) in [4.78, 5) is 16.0. The molecule has 5 heteroatoms. The van der Waals surface area contributed by atoms with Crippen LogP contribution in [0.2, 0.25) is 0 Å². The minimum Gasteiger partial charge on any atom is -0.301 e. The lowest BCUT2D eigenvalue weighted by molar-refractivity contribution is -0.121. The number of carbonyl (C=O) groups is 1. The minimum absolute atomic E-state index is 0.0567. The van der Waals surface area contributed by atoms with Gasteiger partial charge in [0.25, 0.3) is 0 Å². The molecule has 3 N–H and O–H groups in total. The molecule has 0 aliphatic carbocycles. The van der Waals surface area contributed by atoms with E-state index in [4.69, 9.17) is 5.84 Å². The molecule has 0 atom stereocenters. The summed E-state index contributed by atoms with van der Waals surface area (Å²) >= 11 is 0. The van der Waals surface area contributed by atoms with E-state index >= 15 is 0 Å². The van der Waals surface area contributed by atoms with Gasteiger partial charge in [-0.15, -0.1) is 0 Å². The zero-order valence-corrected chi connectivity index (χ0v) is 12.7. The van der Waals surface area contributed by atoms with Crippen molar-refractivity contribution < 1.29 is 4.79 Å². The lowest BCUT2D eigenvalue weighted by atomic mass is 10.0. The van der Waals surface area contributed by atoms with Crippen LogP contribution in [0.1, 0.15) is 46.5 Å². The van der Waals surface area contributed by atoms with Crippen LogP contribution in [0.5, 0.6) is 0 Å². The Labute approximate surface area is 117 Å². The van der Waals surface area contributed by atoms with Crippen molar-refractivity contribution in [3.63, 3.8) is 0 Å². The average Bonchev–Trinajstić information content (AvgIpc) is 2.37. The molecule has 5 nitrogen and oxygen atoms in total. The molecule has 1 amide bonds. The van der Waals surface area contributed by atoms with E-state index in [1.165, 1.54) is 32.6 Å². The Kier molecular flexibility index (Phi) is 6.75. The summed E-state index contributed by atoms with van der Waals surface area (Å²) in [5.74, 6) is 4.98. The number of hydrogen-bond donors (Lipinski definition) is 2. The van der Waals surface area contributed by atoms with E-state index in [2.05, 4.69) is 36.0 Å². The first-order valence-electron chi connectivity index (χ1n) is 7.40. The van der Waals surface area contributed by atoms with Gasteiger partial charge in [-0.2, -0.15) is 0 Å². The van der Waals surface area contributed by atoms with E-state index in [1.807, 2.05) is 0 Å². The summed E-state index contributed by atoms with van der Waals surface area (Å²) < 4.78 is 0. The SMILES string of the molecule is CC(C)(C)N1CCN(CCCCCC(=O)NN)CC1. The molecular weight excluding hydrogens is 240 g/mol. The molecule has 0 aromatic heterocycles. The van der Waals surface area contributed by atoms with E-state index in [1.54, 1.807) is 0 Å². The molecule has 1 aliphatic rings. The lowest BCUT2D eigenvalue weighted by Crippen LogP contribution is -2.53. The highest BCUT2D eigenvalue weighted by Crippen LogP contribution is 2.16. The van der Waals surface area contributed by atoms with Crippen LogP contribution >= 0.6 is 0 Å². The number of hydrogen-bond acceptors (Lipinski definition) is 4. The first-order valence-corrected chi connectivity index (χ1v) is 7.40. The van der Waals surface area contributed by atoms with Gasteiger partial charge in [0.15, 0.2) is 0 Å². The van der Waals surface area contributed by atoms with Crippen LogP contribution in [-0.4, -0.2) is 54.0 Å². The third kappa shape index (κ3) is 6.36. The van der Waals surface area contributed by atoms with E-state index in [0.717, 1.165) is 19.4 Å². The molecular formula is C14H30N4O. The summed E-state index contributed by atoms with van der Waals surface area (Å²) in [6, 6.07) is 0. The van der Waals surface area contributed by atoms with Crippen molar-refractivity contribution in [1.29, 1.82) is 0 Å². The van der Waals surface area contributed by atoms with Gasteiger partial charge in [0.05, 0.1) is 0 Å². The first kappa shape index (κ1) is 16.4. The number of amides is 1. The molecule has 1 heterocycles. The van der Waals surface area contributed by atoms with Gasteiger partial charge in [-0.3, -0.25) is 15.1 Å². The van der Waals surface area contributed by atoms with Crippen LogP contribution in [0.4, 0.5) is 0 Å². The van der Waals surface area contributed by atoms with Crippen molar-refractivity contribution in [2.45, 2.75) is 52.0 Å². The molecule has 19 heavy (non-hydrogen) atoms. The van der Waals surface area contributed by atoms with Gasteiger partial charge in [-0.05, 0) is 40.2 Å². The van der Waals surface area contributed by atoms with Crippen LogP contribution in [0.3, 0.4) is 0 Å². The predicted octanol–water partition coefficient (Wildman–Crippen LogP) is 0.953. The Morgan fingerprint density at radius 3 is 2.26 bits per heavy atom. The number of rotatable bonds is 6. The maximum absolute atomic E-state index is 11.0. The van der Waals surface area contributed by atoms with Gasteiger partial charge in [-0.25, -0.2) is 5.84 Å². The second-order valence-corrected chi connectivity index (χ2v) is 6.38. The molecule has 0 saturated carbocycles. The van der Waals surface area contributed by atoms with E-state index in [0.29, 0.717) is 12.0 Å². The fourth-order valence-electron chi connectivity index (χ4n) is 2.51. The Morgan fingerprint density at radius 1 is 1.11 bits per heavy atom. The first-order chi connectivity index (χ1) is 8.93. The quantitative estimate of drug-likeness (QED) is 0.326. The molecule has 0 unspecified atom stereocenters. The van der Waals surface area contributed by atoms with Crippen LogP contribution in [-0.2, 0) is 4.79 Å². The Balaban J connectivity index is 2.05. The number of piperazine rings is 1. The normalized spacial score (nSPS) is 18.5. The topological polar surface area (TPSA) is 61.6 Å². The second-order valence-electron chi connectivity index (χ2n) is 6.38. The second kappa shape index (κ2) is 7.82. The lowest BCUT2D eigenvalue weighted by Gasteiger charge is -2.42. The summed E-state index contributed by atoms with van der Waals surface area (Å²) in [7, 11) is 0. The maximum Gasteiger partial charge on any atom is 0.233 e. The number of nitrogens with one attached hydrogen (secondary N) is 1. The van der Waals surface area contributed by atoms with Crippen LogP contribution < -0.4 is 11.3 Å². The molecule has 0 bridgehead atoms. The van der Waals surface area contributed by atoms with Crippen LogP contribution in [0.15, 0.2) is 0 Å². The zero-order valence-electron chi connectivity index (χ0n) is 12.7. The van der Waals surface area contributed by atoms with Crippen molar-refractivity contribution in [2.75, 3.05) is 32.7 Å². The van der Waals surface area contributed by atoms with Gasteiger partial charge < -0.3 is 4.90 Å². The third-order valence-electron chi connectivity index (χ3n) is 3.86. The van der Waals surface area contributed by atoms with E-state index in [-0.39, 0.29) is 5.91 Å². The van der Waals surface area contributed by atoms with Gasteiger partial charge in [-0.1, -0.05) is 6.42 Å². The predicted molar refractivity (Wildman–Crippen MR) is 78.6 cm³/mol. The third-order valence-corrected chi connectivity index (χ3v) is 3.86. The molecule has 1 saturated heterocycles. The Morgan fingerprint density at radius 2 is 1.74 bits per heavy atom. The van der Waals surface area contributed by atoms with Crippen LogP contribution in [0, 0.1) is 0 Å². The van der Waals surface area contributed by atoms with Gasteiger partial charge in [0, 0.05) is 38.1 Å². The largest absolute Gasteiger partial charge is 0.301 e. The zero-order chi connectivity index (χ0) is 14.3. The summed E-state index contributed by atoms with van der Waals surface area (Å²) in [6.45, 7) is 12.7. The summed E-state index contributed by atoms with van der Waals surface area (Å²) in [6.07, 6.45) is 3.76. The van der Waals surface area contributed by atoms with Crippen LogP contribution in [0.25, 0.3) is 0 Å².